The van der Waals surface area contributed by atoms with Crippen molar-refractivity contribution >= 4 is 23.6 Å². The highest BCUT2D eigenvalue weighted by atomic mass is 16.2. The fourth-order valence-electron chi connectivity index (χ4n) is 5.49. The first-order valence-corrected chi connectivity index (χ1v) is 12.0. The summed E-state index contributed by atoms with van der Waals surface area (Å²) in [5.74, 6) is -0.779. The van der Waals surface area contributed by atoms with E-state index in [4.69, 9.17) is 0 Å². The molecule has 9 heteroatoms. The first-order valence-electron chi connectivity index (χ1n) is 12.0. The van der Waals surface area contributed by atoms with Crippen molar-refractivity contribution in [3.63, 3.8) is 0 Å². The van der Waals surface area contributed by atoms with Crippen LogP contribution in [0, 0.1) is 11.8 Å². The van der Waals surface area contributed by atoms with Gasteiger partial charge in [0.15, 0.2) is 0 Å². The zero-order chi connectivity index (χ0) is 23.3. The quantitative estimate of drug-likeness (QED) is 0.465. The van der Waals surface area contributed by atoms with Gasteiger partial charge < -0.3 is 26.2 Å². The van der Waals surface area contributed by atoms with E-state index in [0.29, 0.717) is 13.1 Å². The number of nitrogens with one attached hydrogen (secondary N) is 4. The van der Waals surface area contributed by atoms with E-state index in [-0.39, 0.29) is 59.6 Å². The molecular weight excluding hydrogens is 410 g/mol. The number of likely N-dealkylation sites (tertiary alicyclic amines) is 1. The average molecular weight is 450 g/mol. The molecule has 0 aromatic rings. The Morgan fingerprint density at radius 1 is 0.562 bits per heavy atom. The van der Waals surface area contributed by atoms with Crippen LogP contribution in [0.3, 0.4) is 0 Å². The highest BCUT2D eigenvalue weighted by molar-refractivity contribution is 5.89. The van der Waals surface area contributed by atoms with Crippen molar-refractivity contribution in [2.75, 3.05) is 20.1 Å². The van der Waals surface area contributed by atoms with Crippen LogP contribution in [0.25, 0.3) is 0 Å². The molecule has 0 aromatic carbocycles. The summed E-state index contributed by atoms with van der Waals surface area (Å²) in [7, 11) is 1.95. The molecule has 1 heterocycles. The van der Waals surface area contributed by atoms with E-state index in [1.54, 1.807) is 0 Å². The van der Waals surface area contributed by atoms with Gasteiger partial charge in [-0.2, -0.15) is 0 Å². The molecule has 3 rings (SSSR count). The number of carbonyl (C=O) groups excluding carboxylic acids is 4. The molecule has 9 nitrogen and oxygen atoms in total. The van der Waals surface area contributed by atoms with Gasteiger partial charge in [0.25, 0.3) is 0 Å². The van der Waals surface area contributed by atoms with Crippen LogP contribution in [0.15, 0.2) is 0 Å². The molecule has 1 saturated heterocycles. The minimum atomic E-state index is -0.344. The van der Waals surface area contributed by atoms with Gasteiger partial charge in [0.05, 0.1) is 11.8 Å². The van der Waals surface area contributed by atoms with Gasteiger partial charge in [-0.25, -0.2) is 0 Å². The van der Waals surface area contributed by atoms with Crippen molar-refractivity contribution in [3.8, 4) is 0 Å². The van der Waals surface area contributed by atoms with Crippen LogP contribution in [-0.4, -0.2) is 72.8 Å². The van der Waals surface area contributed by atoms with E-state index in [2.05, 4.69) is 26.2 Å². The number of nitrogens with zero attached hydrogens (tertiary/aromatic N) is 1. The van der Waals surface area contributed by atoms with Crippen LogP contribution in [0.1, 0.15) is 65.2 Å². The molecule has 3 aliphatic rings. The van der Waals surface area contributed by atoms with Gasteiger partial charge in [0.2, 0.25) is 23.6 Å². The van der Waals surface area contributed by atoms with Crippen molar-refractivity contribution in [1.29, 1.82) is 0 Å². The van der Waals surface area contributed by atoms with Crippen LogP contribution >= 0.6 is 0 Å². The molecule has 180 valence electrons. The third kappa shape index (κ3) is 6.92. The smallest absolute Gasteiger partial charge is 0.225 e. The van der Waals surface area contributed by atoms with Gasteiger partial charge in [-0.05, 0) is 58.4 Å². The summed E-state index contributed by atoms with van der Waals surface area (Å²) in [5.41, 5.74) is 0. The van der Waals surface area contributed by atoms with Gasteiger partial charge in [-0.1, -0.05) is 0 Å². The summed E-state index contributed by atoms with van der Waals surface area (Å²) < 4.78 is 0. The second kappa shape index (κ2) is 11.1. The second-order valence-electron chi connectivity index (χ2n) is 9.95. The third-order valence-electron chi connectivity index (χ3n) is 7.14. The average Bonchev–Trinajstić information content (AvgIpc) is 3.12. The molecule has 0 radical (unpaired) electrons. The highest BCUT2D eigenvalue weighted by Gasteiger charge is 2.42. The lowest BCUT2D eigenvalue weighted by Crippen LogP contribution is -2.49. The number of hydrogen-bond donors (Lipinski definition) is 4. The van der Waals surface area contributed by atoms with Crippen LogP contribution in [0.2, 0.25) is 0 Å². The number of hydrogen-bond acceptors (Lipinski definition) is 5. The lowest BCUT2D eigenvalue weighted by molar-refractivity contribution is -0.134. The first kappa shape index (κ1) is 24.5. The maximum absolute atomic E-state index is 13.0. The van der Waals surface area contributed by atoms with Crippen LogP contribution < -0.4 is 21.3 Å². The summed E-state index contributed by atoms with van der Waals surface area (Å²) in [6.07, 6.45) is 6.81. The molecule has 4 N–H and O–H groups in total. The number of carbonyl (C=O) groups is 4. The molecular formula is C23H39N5O4. The maximum Gasteiger partial charge on any atom is 0.225 e. The molecule has 0 bridgehead atoms. The molecule has 1 aliphatic heterocycles. The fourth-order valence-corrected chi connectivity index (χ4v) is 5.49. The van der Waals surface area contributed by atoms with Gasteiger partial charge in [0.1, 0.15) is 0 Å². The van der Waals surface area contributed by atoms with Crippen LogP contribution in [-0.2, 0) is 19.2 Å². The lowest BCUT2D eigenvalue weighted by atomic mass is 9.88. The van der Waals surface area contributed by atoms with Crippen molar-refractivity contribution in [2.24, 2.45) is 11.8 Å². The molecule has 3 fully saturated rings. The minimum Gasteiger partial charge on any atom is -0.354 e. The van der Waals surface area contributed by atoms with E-state index < -0.39 is 0 Å². The van der Waals surface area contributed by atoms with Crippen molar-refractivity contribution < 1.29 is 19.2 Å². The fraction of sp³-hybridized carbons (Fsp3) is 0.826. The Labute approximate surface area is 190 Å². The zero-order valence-corrected chi connectivity index (χ0v) is 19.6. The Morgan fingerprint density at radius 3 is 1.12 bits per heavy atom. The van der Waals surface area contributed by atoms with E-state index in [0.717, 1.165) is 51.4 Å². The van der Waals surface area contributed by atoms with Crippen molar-refractivity contribution in [3.05, 3.63) is 0 Å². The number of rotatable bonds is 6. The Kier molecular flexibility index (Phi) is 8.51. The second-order valence-corrected chi connectivity index (χ2v) is 9.95. The molecule has 2 aliphatic carbocycles. The topological polar surface area (TPSA) is 120 Å². The van der Waals surface area contributed by atoms with E-state index >= 15 is 0 Å². The Bertz CT molecular complexity index is 641. The van der Waals surface area contributed by atoms with Crippen molar-refractivity contribution in [1.82, 2.24) is 26.2 Å². The monoisotopic (exact) mass is 449 g/mol. The standard InChI is InChI=1S/C23H39N5O4/c1-14(29)24-16-4-8-18(9-5-16)26-22(31)20-12-28(3)13-21(20)23(32)27-19-10-6-17(7-11-19)25-15(2)30/h16-21H,4-13H2,1-3H3,(H,24,29)(H,25,30)(H,26,31)(H,27,32)/t16?,17?,18?,19?,20-,21-/m1/s1. The largest absolute Gasteiger partial charge is 0.354 e. The summed E-state index contributed by atoms with van der Waals surface area (Å²) in [4.78, 5) is 50.6. The molecule has 0 unspecified atom stereocenters. The van der Waals surface area contributed by atoms with Gasteiger partial charge in [0, 0.05) is 51.1 Å². The van der Waals surface area contributed by atoms with E-state index in [1.807, 2.05) is 7.05 Å². The number of amides is 4. The van der Waals surface area contributed by atoms with E-state index in [1.165, 1.54) is 13.8 Å². The minimum absolute atomic E-state index is 0.0102. The Hall–Kier alpha value is -2.16. The Morgan fingerprint density at radius 2 is 0.844 bits per heavy atom. The summed E-state index contributed by atoms with van der Waals surface area (Å²) in [6.45, 7) is 4.23. The summed E-state index contributed by atoms with van der Waals surface area (Å²) in [5, 5.41) is 12.3. The molecule has 0 spiro atoms. The van der Waals surface area contributed by atoms with Gasteiger partial charge >= 0.3 is 0 Å². The van der Waals surface area contributed by atoms with E-state index in [9.17, 15) is 19.2 Å². The molecule has 0 aromatic heterocycles. The van der Waals surface area contributed by atoms with Crippen LogP contribution in [0.4, 0.5) is 0 Å². The zero-order valence-electron chi connectivity index (χ0n) is 19.6. The first-order chi connectivity index (χ1) is 15.2. The van der Waals surface area contributed by atoms with Gasteiger partial charge in [-0.3, -0.25) is 19.2 Å². The maximum atomic E-state index is 13.0. The summed E-state index contributed by atoms with van der Waals surface area (Å²) >= 11 is 0. The van der Waals surface area contributed by atoms with Crippen molar-refractivity contribution in [2.45, 2.75) is 89.4 Å². The molecule has 4 amide bonds. The molecule has 2 saturated carbocycles. The Balaban J connectivity index is 1.47. The predicted octanol–water partition coefficient (Wildman–Crippen LogP) is 0.291. The molecule has 32 heavy (non-hydrogen) atoms. The predicted molar refractivity (Wildman–Crippen MR) is 120 cm³/mol. The lowest BCUT2D eigenvalue weighted by Gasteiger charge is -2.31. The third-order valence-corrected chi connectivity index (χ3v) is 7.14. The van der Waals surface area contributed by atoms with Crippen LogP contribution in [0.5, 0.6) is 0 Å². The molecule has 2 atom stereocenters. The highest BCUT2D eigenvalue weighted by Crippen LogP contribution is 2.26. The normalized spacial score (nSPS) is 33.2. The SMILES string of the molecule is CC(=O)NC1CCC(NC(=O)[C@@H]2CN(C)C[C@H]2C(=O)NC2CCC(NC(C)=O)CC2)CC1. The van der Waals surface area contributed by atoms with Gasteiger partial charge in [-0.15, -0.1) is 0 Å². The summed E-state index contributed by atoms with van der Waals surface area (Å²) in [6, 6.07) is 0.590.